The van der Waals surface area contributed by atoms with Crippen molar-refractivity contribution in [3.8, 4) is 5.75 Å². The van der Waals surface area contributed by atoms with Crippen LogP contribution >= 0.6 is 0 Å². The Hall–Kier alpha value is -3.39. The van der Waals surface area contributed by atoms with Gasteiger partial charge in [-0.15, -0.1) is 0 Å². The third-order valence-electron chi connectivity index (χ3n) is 5.61. The molecule has 3 rings (SSSR count). The molecule has 0 aliphatic rings. The number of hydrogen-bond donors (Lipinski definition) is 0. The second kappa shape index (κ2) is 10.7. The van der Waals surface area contributed by atoms with Crippen LogP contribution in [0.2, 0.25) is 0 Å². The van der Waals surface area contributed by atoms with Crippen molar-refractivity contribution >= 4 is 21.6 Å². The summed E-state index contributed by atoms with van der Waals surface area (Å²) >= 11 is 0. The van der Waals surface area contributed by atoms with Gasteiger partial charge in [0.15, 0.2) is 16.4 Å². The Labute approximate surface area is 200 Å². The van der Waals surface area contributed by atoms with Crippen LogP contribution in [-0.4, -0.2) is 44.7 Å². The third-order valence-corrected chi connectivity index (χ3v) is 6.47. The number of methoxy groups -OCH3 is 1. The van der Waals surface area contributed by atoms with E-state index in [2.05, 4.69) is 4.57 Å². The molecule has 8 heteroatoms. The molecule has 0 amide bonds. The average Bonchev–Trinajstić information content (AvgIpc) is 3.09. The third kappa shape index (κ3) is 6.57. The van der Waals surface area contributed by atoms with Gasteiger partial charge < -0.3 is 14.0 Å². The van der Waals surface area contributed by atoms with E-state index in [4.69, 9.17) is 9.47 Å². The highest BCUT2D eigenvalue weighted by atomic mass is 32.2. The summed E-state index contributed by atoms with van der Waals surface area (Å²) in [6, 6.07) is 15.8. The van der Waals surface area contributed by atoms with Crippen LogP contribution in [-0.2, 0) is 33.3 Å². The van der Waals surface area contributed by atoms with Crippen LogP contribution in [0.1, 0.15) is 43.2 Å². The fourth-order valence-electron chi connectivity index (χ4n) is 3.79. The SMILES string of the molecule is COc1ccc(CCn2c(C)cc(C(=O)COC(=O)c3ccc(CS(C)(=O)=O)cc3)c2C)cc1. The number of ketones is 1. The number of aryl methyl sites for hydroxylation is 2. The van der Waals surface area contributed by atoms with E-state index in [9.17, 15) is 18.0 Å². The molecule has 0 aliphatic carbocycles. The van der Waals surface area contributed by atoms with Crippen LogP contribution in [0.3, 0.4) is 0 Å². The Balaban J connectivity index is 1.59. The number of rotatable bonds is 10. The van der Waals surface area contributed by atoms with Crippen molar-refractivity contribution in [2.45, 2.75) is 32.6 Å². The number of hydrogen-bond acceptors (Lipinski definition) is 6. The molecule has 0 N–H and O–H groups in total. The van der Waals surface area contributed by atoms with Crippen LogP contribution in [0.25, 0.3) is 0 Å². The Morgan fingerprint density at radius 2 is 1.56 bits per heavy atom. The lowest BCUT2D eigenvalue weighted by atomic mass is 10.1. The molecular weight excluding hydrogens is 454 g/mol. The van der Waals surface area contributed by atoms with Gasteiger partial charge in [0.2, 0.25) is 5.78 Å². The highest BCUT2D eigenvalue weighted by Crippen LogP contribution is 2.18. The van der Waals surface area contributed by atoms with Gasteiger partial charge in [0, 0.05) is 29.8 Å². The van der Waals surface area contributed by atoms with Gasteiger partial charge in [-0.25, -0.2) is 13.2 Å². The molecule has 0 radical (unpaired) electrons. The summed E-state index contributed by atoms with van der Waals surface area (Å²) in [5, 5.41) is 0. The molecule has 1 aromatic heterocycles. The molecule has 7 nitrogen and oxygen atoms in total. The number of sulfone groups is 1. The molecule has 0 unspecified atom stereocenters. The van der Waals surface area contributed by atoms with Crippen molar-refractivity contribution in [1.82, 2.24) is 4.57 Å². The molecule has 180 valence electrons. The molecular formula is C26H29NO6S. The highest BCUT2D eigenvalue weighted by Gasteiger charge is 2.18. The van der Waals surface area contributed by atoms with Crippen molar-refractivity contribution in [2.75, 3.05) is 20.0 Å². The van der Waals surface area contributed by atoms with Crippen molar-refractivity contribution in [2.24, 2.45) is 0 Å². The second-order valence-electron chi connectivity index (χ2n) is 8.30. The van der Waals surface area contributed by atoms with Gasteiger partial charge in [-0.1, -0.05) is 24.3 Å². The molecule has 0 fully saturated rings. The molecule has 3 aromatic rings. The van der Waals surface area contributed by atoms with Crippen molar-refractivity contribution in [3.05, 3.63) is 88.2 Å². The topological polar surface area (TPSA) is 91.7 Å². The van der Waals surface area contributed by atoms with Crippen LogP contribution < -0.4 is 4.74 Å². The number of benzene rings is 2. The van der Waals surface area contributed by atoms with Gasteiger partial charge >= 0.3 is 5.97 Å². The molecule has 0 atom stereocenters. The predicted octanol–water partition coefficient (Wildman–Crippen LogP) is 3.94. The van der Waals surface area contributed by atoms with E-state index in [1.807, 2.05) is 44.2 Å². The van der Waals surface area contributed by atoms with Gasteiger partial charge in [0.1, 0.15) is 5.75 Å². The number of aromatic nitrogens is 1. The Bertz CT molecular complexity index is 1270. The maximum atomic E-state index is 12.8. The molecule has 0 aliphatic heterocycles. The summed E-state index contributed by atoms with van der Waals surface area (Å²) in [4.78, 5) is 25.1. The zero-order chi connectivity index (χ0) is 24.9. The first-order chi connectivity index (χ1) is 16.1. The number of carbonyl (C=O) groups excluding carboxylic acids is 2. The molecule has 0 bridgehead atoms. The first-order valence-electron chi connectivity index (χ1n) is 10.8. The fourth-order valence-corrected chi connectivity index (χ4v) is 4.59. The lowest BCUT2D eigenvalue weighted by Crippen LogP contribution is -2.15. The monoisotopic (exact) mass is 483 g/mol. The summed E-state index contributed by atoms with van der Waals surface area (Å²) in [7, 11) is -1.53. The molecule has 0 saturated heterocycles. The highest BCUT2D eigenvalue weighted by molar-refractivity contribution is 7.89. The average molecular weight is 484 g/mol. The minimum Gasteiger partial charge on any atom is -0.497 e. The van der Waals surface area contributed by atoms with E-state index < -0.39 is 15.8 Å². The van der Waals surface area contributed by atoms with Crippen molar-refractivity contribution in [1.29, 1.82) is 0 Å². The van der Waals surface area contributed by atoms with Crippen LogP contribution in [0.5, 0.6) is 5.75 Å². The second-order valence-corrected chi connectivity index (χ2v) is 10.4. The van der Waals surface area contributed by atoms with E-state index >= 15 is 0 Å². The smallest absolute Gasteiger partial charge is 0.338 e. The fraction of sp³-hybridized carbons (Fsp3) is 0.308. The maximum absolute atomic E-state index is 12.8. The normalized spacial score (nSPS) is 11.3. The van der Waals surface area contributed by atoms with Gasteiger partial charge in [0.05, 0.1) is 18.4 Å². The zero-order valence-corrected chi connectivity index (χ0v) is 20.6. The lowest BCUT2D eigenvalue weighted by molar-refractivity contribution is 0.0474. The molecule has 1 heterocycles. The van der Waals surface area contributed by atoms with Crippen LogP contribution in [0.15, 0.2) is 54.6 Å². The lowest BCUT2D eigenvalue weighted by Gasteiger charge is -2.10. The van der Waals surface area contributed by atoms with Gasteiger partial charge in [-0.05, 0) is 61.7 Å². The first-order valence-corrected chi connectivity index (χ1v) is 12.9. The number of esters is 1. The number of Topliss-reactive ketones (excluding diaryl/α,β-unsaturated/α-hetero) is 1. The minimum absolute atomic E-state index is 0.102. The summed E-state index contributed by atoms with van der Waals surface area (Å²) in [5.74, 6) is -0.197. The van der Waals surface area contributed by atoms with Crippen molar-refractivity contribution < 1.29 is 27.5 Å². The number of carbonyl (C=O) groups is 2. The van der Waals surface area contributed by atoms with Crippen LogP contribution in [0, 0.1) is 13.8 Å². The van der Waals surface area contributed by atoms with E-state index in [-0.39, 0.29) is 23.7 Å². The van der Waals surface area contributed by atoms with E-state index in [0.29, 0.717) is 11.1 Å². The Morgan fingerprint density at radius 1 is 0.941 bits per heavy atom. The van der Waals surface area contributed by atoms with E-state index in [1.165, 1.54) is 12.1 Å². The minimum atomic E-state index is -3.16. The maximum Gasteiger partial charge on any atom is 0.338 e. The standard InChI is InChI=1S/C26H29NO6S/c1-18-15-24(19(2)27(18)14-13-20-7-11-23(32-3)12-8-20)25(28)16-33-26(29)22-9-5-21(6-10-22)17-34(4,30)31/h5-12,15H,13-14,16-17H2,1-4H3. The Morgan fingerprint density at radius 3 is 2.15 bits per heavy atom. The number of nitrogens with zero attached hydrogens (tertiary/aromatic N) is 1. The van der Waals surface area contributed by atoms with Crippen molar-refractivity contribution in [3.63, 3.8) is 0 Å². The largest absolute Gasteiger partial charge is 0.497 e. The Kier molecular flexibility index (Phi) is 7.94. The molecule has 0 spiro atoms. The first kappa shape index (κ1) is 25.2. The zero-order valence-electron chi connectivity index (χ0n) is 19.8. The summed E-state index contributed by atoms with van der Waals surface area (Å²) in [6.07, 6.45) is 1.95. The van der Waals surface area contributed by atoms with Gasteiger partial charge in [0.25, 0.3) is 0 Å². The summed E-state index contributed by atoms with van der Waals surface area (Å²) < 4.78 is 35.3. The van der Waals surface area contributed by atoms with Gasteiger partial charge in [-0.3, -0.25) is 4.79 Å². The molecule has 34 heavy (non-hydrogen) atoms. The predicted molar refractivity (Wildman–Crippen MR) is 130 cm³/mol. The van der Waals surface area contributed by atoms with E-state index in [1.54, 1.807) is 19.2 Å². The van der Waals surface area contributed by atoms with Crippen LogP contribution in [0.4, 0.5) is 0 Å². The number of ether oxygens (including phenoxy) is 2. The molecule has 2 aromatic carbocycles. The quantitative estimate of drug-likeness (QED) is 0.320. The van der Waals surface area contributed by atoms with E-state index in [0.717, 1.165) is 41.9 Å². The summed E-state index contributed by atoms with van der Waals surface area (Å²) in [5.41, 5.74) is 4.33. The molecule has 0 saturated carbocycles. The summed E-state index contributed by atoms with van der Waals surface area (Å²) in [6.45, 7) is 4.18. The van der Waals surface area contributed by atoms with Gasteiger partial charge in [-0.2, -0.15) is 0 Å².